The van der Waals surface area contributed by atoms with Crippen molar-refractivity contribution in [2.24, 2.45) is 0 Å². The molecular weight excluding hydrogens is 1090 g/mol. The van der Waals surface area contributed by atoms with Crippen molar-refractivity contribution in [2.75, 3.05) is 0 Å². The highest BCUT2D eigenvalue weighted by molar-refractivity contribution is 6.14. The molecule has 0 aliphatic rings. The maximum atomic E-state index is 14.7. The number of hydrogen-bond acceptors (Lipinski definition) is 5. The van der Waals surface area contributed by atoms with E-state index in [0.717, 1.165) is 66.1 Å². The Morgan fingerprint density at radius 2 is 0.535 bits per heavy atom. The Morgan fingerprint density at radius 1 is 0.256 bits per heavy atom. The second kappa shape index (κ2) is 20.8. The Labute approximate surface area is 487 Å². The van der Waals surface area contributed by atoms with Crippen LogP contribution in [0.5, 0.6) is 0 Å². The molecule has 0 bridgehead atoms. The van der Waals surface area contributed by atoms with Crippen LogP contribution in [0.15, 0.2) is 224 Å². The average molecular weight is 1130 g/mol. The van der Waals surface area contributed by atoms with E-state index >= 15 is 0 Å². The molecule has 2 heterocycles. The van der Waals surface area contributed by atoms with E-state index in [1.165, 1.54) is 6.07 Å². The van der Waals surface area contributed by atoms with Crippen molar-refractivity contribution in [1.29, 1.82) is 26.3 Å². The Morgan fingerprint density at radius 3 is 0.860 bits per heavy atom. The monoisotopic (exact) mass is 1130 g/mol. The number of nitriles is 5. The van der Waals surface area contributed by atoms with Crippen molar-refractivity contribution in [1.82, 2.24) is 9.13 Å². The number of aromatic nitrogens is 2. The van der Waals surface area contributed by atoms with Crippen molar-refractivity contribution >= 4 is 43.6 Å². The van der Waals surface area contributed by atoms with Gasteiger partial charge in [0.25, 0.3) is 0 Å². The molecule has 0 saturated carbocycles. The first kappa shape index (κ1) is 53.4. The van der Waals surface area contributed by atoms with Crippen molar-refractivity contribution < 1.29 is 26.3 Å². The third-order valence-corrected chi connectivity index (χ3v) is 15.6. The Bertz CT molecular complexity index is 4980. The molecular formula is C73H37F6N7. The van der Waals surface area contributed by atoms with Gasteiger partial charge < -0.3 is 9.13 Å². The van der Waals surface area contributed by atoms with Gasteiger partial charge in [0, 0.05) is 32.7 Å². The number of halogens is 6. The van der Waals surface area contributed by atoms with E-state index in [1.807, 2.05) is 106 Å². The number of nitrogens with zero attached hydrogens (tertiary/aromatic N) is 7. The summed E-state index contributed by atoms with van der Waals surface area (Å²) >= 11 is 0. The van der Waals surface area contributed by atoms with Crippen LogP contribution in [0.3, 0.4) is 0 Å². The summed E-state index contributed by atoms with van der Waals surface area (Å²) in [5.41, 5.74) is 9.36. The largest absolute Gasteiger partial charge is 0.416 e. The van der Waals surface area contributed by atoms with E-state index < -0.39 is 23.5 Å². The third-order valence-electron chi connectivity index (χ3n) is 15.6. The van der Waals surface area contributed by atoms with E-state index in [1.54, 1.807) is 103 Å². The van der Waals surface area contributed by atoms with Gasteiger partial charge in [-0.2, -0.15) is 52.7 Å². The lowest BCUT2D eigenvalue weighted by molar-refractivity contribution is -0.143. The summed E-state index contributed by atoms with van der Waals surface area (Å²) in [7, 11) is 0. The summed E-state index contributed by atoms with van der Waals surface area (Å²) < 4.78 is 92.2. The zero-order valence-electron chi connectivity index (χ0n) is 44.8. The van der Waals surface area contributed by atoms with Gasteiger partial charge in [0.1, 0.15) is 0 Å². The van der Waals surface area contributed by atoms with Crippen LogP contribution in [-0.4, -0.2) is 9.13 Å². The van der Waals surface area contributed by atoms with Crippen LogP contribution in [0.25, 0.3) is 122 Å². The highest BCUT2D eigenvalue weighted by Gasteiger charge is 2.37. The van der Waals surface area contributed by atoms with Gasteiger partial charge in [-0.3, -0.25) is 0 Å². The predicted octanol–water partition coefficient (Wildman–Crippen LogP) is 19.3. The van der Waals surface area contributed by atoms with E-state index in [9.17, 15) is 52.7 Å². The summed E-state index contributed by atoms with van der Waals surface area (Å²) in [6.07, 6.45) is -10.3. The van der Waals surface area contributed by atoms with Crippen LogP contribution in [0.4, 0.5) is 26.3 Å². The molecule has 13 rings (SSSR count). The molecule has 0 unspecified atom stereocenters. The van der Waals surface area contributed by atoms with Gasteiger partial charge in [-0.15, -0.1) is 0 Å². The molecule has 11 aromatic carbocycles. The zero-order chi connectivity index (χ0) is 59.6. The average Bonchev–Trinajstić information content (AvgIpc) is 2.44. The molecule has 0 atom stereocenters. The number of fused-ring (bicyclic) bond motifs is 6. The van der Waals surface area contributed by atoms with Crippen LogP contribution >= 0.6 is 0 Å². The van der Waals surface area contributed by atoms with Crippen LogP contribution in [0, 0.1) is 56.7 Å². The molecule has 7 nitrogen and oxygen atoms in total. The third kappa shape index (κ3) is 9.46. The van der Waals surface area contributed by atoms with Gasteiger partial charge in [-0.1, -0.05) is 78.9 Å². The molecule has 13 heteroatoms. The normalized spacial score (nSPS) is 11.5. The van der Waals surface area contributed by atoms with Crippen molar-refractivity contribution in [2.45, 2.75) is 12.4 Å². The number of hydrogen-bond donors (Lipinski definition) is 0. The van der Waals surface area contributed by atoms with Gasteiger partial charge in [-0.05, 0) is 201 Å². The lowest BCUT2D eigenvalue weighted by Gasteiger charge is -2.21. The number of alkyl halides is 6. The maximum absolute atomic E-state index is 14.7. The summed E-state index contributed by atoms with van der Waals surface area (Å²) in [6.45, 7) is 0. The molecule has 0 saturated heterocycles. The van der Waals surface area contributed by atoms with Crippen LogP contribution in [0.2, 0.25) is 0 Å². The van der Waals surface area contributed by atoms with Crippen LogP contribution in [-0.2, 0) is 12.4 Å². The molecule has 0 amide bonds. The van der Waals surface area contributed by atoms with E-state index in [2.05, 4.69) is 30.3 Å². The smallest absolute Gasteiger partial charge is 0.309 e. The van der Waals surface area contributed by atoms with Crippen molar-refractivity contribution in [3.8, 4) is 108 Å². The molecule has 0 radical (unpaired) electrons. The maximum Gasteiger partial charge on any atom is 0.416 e. The molecule has 406 valence electrons. The summed E-state index contributed by atoms with van der Waals surface area (Å²) in [4.78, 5) is 0. The quantitative estimate of drug-likeness (QED) is 0.140. The first-order valence-electron chi connectivity index (χ1n) is 26.8. The number of rotatable bonds is 8. The Balaban J connectivity index is 1.13. The lowest BCUT2D eigenvalue weighted by atomic mass is 9.93. The fourth-order valence-electron chi connectivity index (χ4n) is 11.6. The first-order chi connectivity index (χ1) is 41.6. The minimum atomic E-state index is -5.15. The molecule has 86 heavy (non-hydrogen) atoms. The van der Waals surface area contributed by atoms with Crippen molar-refractivity contribution in [3.05, 3.63) is 263 Å². The minimum Gasteiger partial charge on any atom is -0.309 e. The summed E-state index contributed by atoms with van der Waals surface area (Å²) in [5.74, 6) is 0. The van der Waals surface area contributed by atoms with Gasteiger partial charge in [0.05, 0.1) is 103 Å². The molecule has 0 N–H and O–H groups in total. The van der Waals surface area contributed by atoms with Gasteiger partial charge in [-0.25, -0.2) is 0 Å². The fraction of sp³-hybridized carbons (Fsp3) is 0.0274. The van der Waals surface area contributed by atoms with Crippen molar-refractivity contribution in [3.63, 3.8) is 0 Å². The van der Waals surface area contributed by atoms with E-state index in [-0.39, 0.29) is 22.8 Å². The standard InChI is InChI=1S/C73H37F6N7/c74-72(75,76)58-30-57(31-59(37-58)73(77,78)79)56-18-24-67(86-70-22-16-54(50-11-3-7-45(27-50)40-82)34-64(70)65-35-55(17-23-71(65)86)51-12-4-8-46(28-51)41-83)61(36-56)60-29-47(42-84)13-19-66(60)85-68-20-14-52(48-9-1-5-43(25-48)38-80)32-62(68)63-33-53(15-21-69(63)85)49-10-2-6-44(26-49)39-81/h1-37H. The number of benzene rings is 11. The molecule has 0 aliphatic carbocycles. The highest BCUT2D eigenvalue weighted by atomic mass is 19.4. The first-order valence-corrected chi connectivity index (χ1v) is 26.8. The van der Waals surface area contributed by atoms with Gasteiger partial charge in [0.2, 0.25) is 0 Å². The zero-order valence-corrected chi connectivity index (χ0v) is 44.8. The predicted molar refractivity (Wildman–Crippen MR) is 321 cm³/mol. The van der Waals surface area contributed by atoms with Gasteiger partial charge in [0.15, 0.2) is 0 Å². The van der Waals surface area contributed by atoms with E-state index in [0.29, 0.717) is 79.0 Å². The molecule has 13 aromatic rings. The second-order valence-corrected chi connectivity index (χ2v) is 20.7. The highest BCUT2D eigenvalue weighted by Crippen LogP contribution is 2.47. The Kier molecular flexibility index (Phi) is 12.9. The molecule has 2 aromatic heterocycles. The molecule has 0 aliphatic heterocycles. The second-order valence-electron chi connectivity index (χ2n) is 20.7. The minimum absolute atomic E-state index is 0.0180. The summed E-state index contributed by atoms with van der Waals surface area (Å²) in [6, 6.07) is 74.8. The van der Waals surface area contributed by atoms with Crippen LogP contribution in [0.1, 0.15) is 38.9 Å². The lowest BCUT2D eigenvalue weighted by Crippen LogP contribution is -2.11. The summed E-state index contributed by atoms with van der Waals surface area (Å²) in [5, 5.41) is 53.3. The SMILES string of the molecule is N#Cc1cccc(-c2ccc3c(c2)c2cc(-c4cccc(C#N)c4)ccc2n3-c2ccc(C#N)cc2-c2cc(-c3cc(C(F)(F)F)cc(C(F)(F)F)c3)ccc2-n2c3ccc(-c4cccc(C#N)c4)cc3c3cc(-c4cccc(C#N)c4)ccc32)c1. The van der Waals surface area contributed by atoms with E-state index in [4.69, 9.17) is 0 Å². The molecule has 0 spiro atoms. The molecule has 0 fully saturated rings. The Hall–Kier alpha value is -12.0. The topological polar surface area (TPSA) is 129 Å². The fourth-order valence-corrected chi connectivity index (χ4v) is 11.6. The van der Waals surface area contributed by atoms with Gasteiger partial charge >= 0.3 is 12.4 Å². The van der Waals surface area contributed by atoms with Crippen LogP contribution < -0.4 is 0 Å².